The molecule has 1 amide bonds. The van der Waals surface area contributed by atoms with E-state index in [1.165, 1.54) is 0 Å². The van der Waals surface area contributed by atoms with E-state index in [0.717, 1.165) is 18.5 Å². The first-order chi connectivity index (χ1) is 8.78. The zero-order valence-electron chi connectivity index (χ0n) is 10.4. The van der Waals surface area contributed by atoms with Crippen LogP contribution in [0.5, 0.6) is 0 Å². The zero-order valence-corrected chi connectivity index (χ0v) is 10.4. The third-order valence-electron chi connectivity index (χ3n) is 2.54. The molecule has 2 aromatic rings. The van der Waals surface area contributed by atoms with Crippen LogP contribution in [0.25, 0.3) is 0 Å². The monoisotopic (exact) mass is 247 g/mol. The fourth-order valence-electron chi connectivity index (χ4n) is 1.68. The van der Waals surface area contributed by atoms with Crippen molar-refractivity contribution in [3.8, 4) is 0 Å². The lowest BCUT2D eigenvalue weighted by atomic mass is 10.2. The SMILES string of the molecule is CCCc1cc(NC(=O)CCn2cccn2)n[nH]1. The molecule has 6 heteroatoms. The van der Waals surface area contributed by atoms with Crippen LogP contribution in [0.4, 0.5) is 5.82 Å². The summed E-state index contributed by atoms with van der Waals surface area (Å²) in [6.07, 6.45) is 5.91. The molecular weight excluding hydrogens is 230 g/mol. The number of hydrogen-bond donors (Lipinski definition) is 2. The number of rotatable bonds is 6. The first-order valence-corrected chi connectivity index (χ1v) is 6.09. The minimum absolute atomic E-state index is 0.0555. The Morgan fingerprint density at radius 2 is 2.44 bits per heavy atom. The smallest absolute Gasteiger partial charge is 0.227 e. The molecule has 0 aliphatic rings. The highest BCUT2D eigenvalue weighted by Crippen LogP contribution is 2.07. The molecule has 0 aliphatic heterocycles. The summed E-state index contributed by atoms with van der Waals surface area (Å²) in [5, 5.41) is 13.7. The van der Waals surface area contributed by atoms with Gasteiger partial charge in [-0.3, -0.25) is 14.6 Å². The second kappa shape index (κ2) is 6.00. The number of carbonyl (C=O) groups excluding carboxylic acids is 1. The van der Waals surface area contributed by atoms with Crippen LogP contribution < -0.4 is 5.32 Å². The van der Waals surface area contributed by atoms with E-state index in [1.54, 1.807) is 10.9 Å². The van der Waals surface area contributed by atoms with Gasteiger partial charge >= 0.3 is 0 Å². The van der Waals surface area contributed by atoms with Crippen molar-refractivity contribution in [3.05, 3.63) is 30.2 Å². The van der Waals surface area contributed by atoms with Crippen molar-refractivity contribution in [1.82, 2.24) is 20.0 Å². The van der Waals surface area contributed by atoms with Crippen molar-refractivity contribution >= 4 is 11.7 Å². The van der Waals surface area contributed by atoms with Crippen LogP contribution in [-0.4, -0.2) is 25.9 Å². The highest BCUT2D eigenvalue weighted by Gasteiger charge is 2.06. The molecule has 0 unspecified atom stereocenters. The summed E-state index contributed by atoms with van der Waals surface area (Å²) in [6.45, 7) is 2.67. The van der Waals surface area contributed by atoms with E-state index in [-0.39, 0.29) is 5.91 Å². The Bertz CT molecular complexity index is 488. The quantitative estimate of drug-likeness (QED) is 0.813. The lowest BCUT2D eigenvalue weighted by Crippen LogP contribution is -2.14. The van der Waals surface area contributed by atoms with Crippen molar-refractivity contribution in [2.75, 3.05) is 5.32 Å². The molecule has 2 heterocycles. The first-order valence-electron chi connectivity index (χ1n) is 6.09. The summed E-state index contributed by atoms with van der Waals surface area (Å²) in [6, 6.07) is 3.71. The Hall–Kier alpha value is -2.11. The molecule has 2 N–H and O–H groups in total. The van der Waals surface area contributed by atoms with Crippen LogP contribution in [0.1, 0.15) is 25.5 Å². The number of amides is 1. The van der Waals surface area contributed by atoms with E-state index in [9.17, 15) is 4.79 Å². The summed E-state index contributed by atoms with van der Waals surface area (Å²) in [4.78, 5) is 11.7. The fraction of sp³-hybridized carbons (Fsp3) is 0.417. The van der Waals surface area contributed by atoms with Crippen molar-refractivity contribution < 1.29 is 4.79 Å². The molecule has 2 aromatic heterocycles. The van der Waals surface area contributed by atoms with Crippen LogP contribution in [0, 0.1) is 0 Å². The van der Waals surface area contributed by atoms with Gasteiger partial charge in [-0.05, 0) is 12.5 Å². The zero-order chi connectivity index (χ0) is 12.8. The van der Waals surface area contributed by atoms with Gasteiger partial charge < -0.3 is 5.32 Å². The van der Waals surface area contributed by atoms with Crippen LogP contribution in [0.2, 0.25) is 0 Å². The molecule has 18 heavy (non-hydrogen) atoms. The largest absolute Gasteiger partial charge is 0.309 e. The van der Waals surface area contributed by atoms with Gasteiger partial charge in [0.1, 0.15) is 0 Å². The summed E-state index contributed by atoms with van der Waals surface area (Å²) >= 11 is 0. The number of nitrogens with zero attached hydrogens (tertiary/aromatic N) is 3. The Kier molecular flexibility index (Phi) is 4.11. The lowest BCUT2D eigenvalue weighted by Gasteiger charge is -2.01. The molecule has 0 atom stereocenters. The number of aryl methyl sites for hydroxylation is 2. The van der Waals surface area contributed by atoms with Crippen molar-refractivity contribution in [3.63, 3.8) is 0 Å². The van der Waals surface area contributed by atoms with Gasteiger partial charge in [0, 0.05) is 37.1 Å². The summed E-state index contributed by atoms with van der Waals surface area (Å²) in [5.74, 6) is 0.531. The average molecular weight is 247 g/mol. The van der Waals surface area contributed by atoms with Crippen molar-refractivity contribution in [1.29, 1.82) is 0 Å². The van der Waals surface area contributed by atoms with Crippen LogP contribution >= 0.6 is 0 Å². The molecule has 0 saturated carbocycles. The molecule has 0 aromatic carbocycles. The van der Waals surface area contributed by atoms with Gasteiger partial charge in [-0.15, -0.1) is 0 Å². The molecule has 0 saturated heterocycles. The number of nitrogens with one attached hydrogen (secondary N) is 2. The number of carbonyl (C=O) groups is 1. The van der Waals surface area contributed by atoms with Crippen LogP contribution in [0.15, 0.2) is 24.5 Å². The lowest BCUT2D eigenvalue weighted by molar-refractivity contribution is -0.116. The Morgan fingerprint density at radius 3 is 3.17 bits per heavy atom. The maximum absolute atomic E-state index is 11.7. The summed E-state index contributed by atoms with van der Waals surface area (Å²) in [7, 11) is 0. The van der Waals surface area contributed by atoms with E-state index < -0.39 is 0 Å². The highest BCUT2D eigenvalue weighted by molar-refractivity contribution is 5.89. The first kappa shape index (κ1) is 12.3. The van der Waals surface area contributed by atoms with Gasteiger partial charge in [-0.1, -0.05) is 13.3 Å². The fourth-order valence-corrected chi connectivity index (χ4v) is 1.68. The second-order valence-electron chi connectivity index (χ2n) is 4.10. The highest BCUT2D eigenvalue weighted by atomic mass is 16.1. The molecular formula is C12H17N5O. The number of hydrogen-bond acceptors (Lipinski definition) is 3. The Morgan fingerprint density at radius 1 is 1.56 bits per heavy atom. The molecule has 0 spiro atoms. The average Bonchev–Trinajstić information content (AvgIpc) is 2.99. The number of anilines is 1. The number of H-pyrrole nitrogens is 1. The van der Waals surface area contributed by atoms with Crippen LogP contribution in [0.3, 0.4) is 0 Å². The number of aromatic amines is 1. The Balaban J connectivity index is 1.79. The Labute approximate surface area is 105 Å². The van der Waals surface area contributed by atoms with E-state index in [0.29, 0.717) is 18.8 Å². The minimum atomic E-state index is -0.0555. The predicted molar refractivity (Wildman–Crippen MR) is 68.1 cm³/mol. The van der Waals surface area contributed by atoms with Crippen LogP contribution in [-0.2, 0) is 17.8 Å². The van der Waals surface area contributed by atoms with E-state index in [1.807, 2.05) is 18.3 Å². The number of aromatic nitrogens is 4. The molecule has 0 bridgehead atoms. The van der Waals surface area contributed by atoms with Gasteiger partial charge in [0.05, 0.1) is 0 Å². The molecule has 96 valence electrons. The third-order valence-corrected chi connectivity index (χ3v) is 2.54. The standard InChI is InChI=1S/C12H17N5O/c1-2-4-10-9-11(16-15-10)14-12(18)5-8-17-7-3-6-13-17/h3,6-7,9H,2,4-5,8H2,1H3,(H2,14,15,16,18). The normalized spacial score (nSPS) is 10.5. The molecule has 2 rings (SSSR count). The minimum Gasteiger partial charge on any atom is -0.309 e. The van der Waals surface area contributed by atoms with Gasteiger partial charge in [0.15, 0.2) is 5.82 Å². The van der Waals surface area contributed by atoms with Gasteiger partial charge in [0.25, 0.3) is 0 Å². The molecule has 6 nitrogen and oxygen atoms in total. The van der Waals surface area contributed by atoms with Gasteiger partial charge in [-0.2, -0.15) is 10.2 Å². The van der Waals surface area contributed by atoms with Crippen molar-refractivity contribution in [2.45, 2.75) is 32.7 Å². The second-order valence-corrected chi connectivity index (χ2v) is 4.10. The van der Waals surface area contributed by atoms with Crippen molar-refractivity contribution in [2.24, 2.45) is 0 Å². The molecule has 0 fully saturated rings. The topological polar surface area (TPSA) is 75.6 Å². The van der Waals surface area contributed by atoms with E-state index >= 15 is 0 Å². The van der Waals surface area contributed by atoms with E-state index in [4.69, 9.17) is 0 Å². The summed E-state index contributed by atoms with van der Waals surface area (Å²) in [5.41, 5.74) is 1.04. The maximum atomic E-state index is 11.7. The summed E-state index contributed by atoms with van der Waals surface area (Å²) < 4.78 is 1.73. The van der Waals surface area contributed by atoms with E-state index in [2.05, 4.69) is 27.5 Å². The maximum Gasteiger partial charge on any atom is 0.227 e. The predicted octanol–water partition coefficient (Wildman–Crippen LogP) is 1.59. The van der Waals surface area contributed by atoms with Gasteiger partial charge in [-0.25, -0.2) is 0 Å². The van der Waals surface area contributed by atoms with Gasteiger partial charge in [0.2, 0.25) is 5.91 Å². The third kappa shape index (κ3) is 3.44. The molecule has 0 aliphatic carbocycles. The molecule has 0 radical (unpaired) electrons.